The van der Waals surface area contributed by atoms with Gasteiger partial charge in [-0.05, 0) is 19.1 Å². The van der Waals surface area contributed by atoms with Gasteiger partial charge in [0, 0.05) is 7.05 Å². The Balaban J connectivity index is 2.11. The van der Waals surface area contributed by atoms with Crippen LogP contribution in [0.4, 0.5) is 13.2 Å². The normalized spacial score (nSPS) is 16.2. The van der Waals surface area contributed by atoms with Crippen LogP contribution in [-0.2, 0) is 15.7 Å². The third-order valence-electron chi connectivity index (χ3n) is 3.07. The number of amides is 1. The van der Waals surface area contributed by atoms with Crippen LogP contribution in [0.5, 0.6) is 0 Å². The second-order valence-electron chi connectivity index (χ2n) is 4.68. The lowest BCUT2D eigenvalue weighted by atomic mass is 10.1. The lowest BCUT2D eigenvalue weighted by Crippen LogP contribution is -2.35. The third-order valence-corrected chi connectivity index (χ3v) is 3.07. The number of carbonyl (C=O) groups is 1. The molecule has 1 saturated heterocycles. The highest BCUT2D eigenvalue weighted by Crippen LogP contribution is 2.28. The Morgan fingerprint density at radius 3 is 2.52 bits per heavy atom. The number of nitrogens with zero attached hydrogens (tertiary/aromatic N) is 2. The highest BCUT2D eigenvalue weighted by molar-refractivity contribution is 5.95. The Morgan fingerprint density at radius 1 is 1.38 bits per heavy atom. The predicted molar refractivity (Wildman–Crippen MR) is 66.6 cm³/mol. The molecule has 1 aliphatic rings. The molecular weight excluding hydrogens is 289 g/mol. The molecule has 5 nitrogen and oxygen atoms in total. The summed E-state index contributed by atoms with van der Waals surface area (Å²) in [5, 5.41) is 0. The van der Waals surface area contributed by atoms with Crippen molar-refractivity contribution in [2.24, 2.45) is 0 Å². The van der Waals surface area contributed by atoms with Crippen LogP contribution in [-0.4, -0.2) is 48.9 Å². The van der Waals surface area contributed by atoms with Crippen molar-refractivity contribution >= 4 is 5.91 Å². The van der Waals surface area contributed by atoms with E-state index in [2.05, 4.69) is 4.98 Å². The molecule has 0 atom stereocenters. The number of aromatic nitrogens is 1. The van der Waals surface area contributed by atoms with Crippen LogP contribution >= 0.6 is 0 Å². The molecule has 0 unspecified atom stereocenters. The Morgan fingerprint density at radius 2 is 2.00 bits per heavy atom. The first-order valence-corrected chi connectivity index (χ1v) is 6.32. The Labute approximate surface area is 119 Å². The Kier molecular flexibility index (Phi) is 4.48. The molecule has 1 fully saturated rings. The molecule has 116 valence electrons. The van der Waals surface area contributed by atoms with Gasteiger partial charge in [0.15, 0.2) is 6.29 Å². The first kappa shape index (κ1) is 15.7. The van der Waals surface area contributed by atoms with E-state index in [9.17, 15) is 18.0 Å². The van der Waals surface area contributed by atoms with E-state index < -0.39 is 24.1 Å². The molecule has 0 aromatic carbocycles. The van der Waals surface area contributed by atoms with E-state index in [-0.39, 0.29) is 17.8 Å². The van der Waals surface area contributed by atoms with Gasteiger partial charge in [-0.25, -0.2) is 4.98 Å². The molecule has 1 aromatic heterocycles. The number of alkyl halides is 3. The standard InChI is InChI=1S/C13H15F3N2O3/c1-8-9(3-4-10(17-8)13(14,15)16)12(19)18(2)7-11-20-5-6-21-11/h3-4,11H,5-7H2,1-2H3. The number of ether oxygens (including phenoxy) is 2. The number of hydrogen-bond acceptors (Lipinski definition) is 4. The lowest BCUT2D eigenvalue weighted by molar-refractivity contribution is -0.141. The fourth-order valence-corrected chi connectivity index (χ4v) is 1.97. The summed E-state index contributed by atoms with van der Waals surface area (Å²) >= 11 is 0. The highest BCUT2D eigenvalue weighted by Gasteiger charge is 2.33. The second kappa shape index (κ2) is 5.98. The van der Waals surface area contributed by atoms with E-state index >= 15 is 0 Å². The molecular formula is C13H15F3N2O3. The minimum Gasteiger partial charge on any atom is -0.348 e. The zero-order chi connectivity index (χ0) is 15.6. The molecule has 0 saturated carbocycles. The largest absolute Gasteiger partial charge is 0.433 e. The number of likely N-dealkylation sites (N-methyl/N-ethyl adjacent to an activating group) is 1. The van der Waals surface area contributed by atoms with Crippen LogP contribution in [0.25, 0.3) is 0 Å². The van der Waals surface area contributed by atoms with Crippen molar-refractivity contribution in [3.8, 4) is 0 Å². The van der Waals surface area contributed by atoms with Crippen molar-refractivity contribution in [2.75, 3.05) is 26.8 Å². The molecule has 0 bridgehead atoms. The molecule has 1 aromatic rings. The smallest absolute Gasteiger partial charge is 0.348 e. The highest BCUT2D eigenvalue weighted by atomic mass is 19.4. The monoisotopic (exact) mass is 304 g/mol. The van der Waals surface area contributed by atoms with Crippen LogP contribution in [0.3, 0.4) is 0 Å². The van der Waals surface area contributed by atoms with Gasteiger partial charge < -0.3 is 14.4 Å². The first-order valence-electron chi connectivity index (χ1n) is 6.32. The van der Waals surface area contributed by atoms with Gasteiger partial charge >= 0.3 is 6.18 Å². The summed E-state index contributed by atoms with van der Waals surface area (Å²) in [5.74, 6) is -0.423. The van der Waals surface area contributed by atoms with Gasteiger partial charge in [-0.1, -0.05) is 0 Å². The van der Waals surface area contributed by atoms with Crippen molar-refractivity contribution in [2.45, 2.75) is 19.4 Å². The average molecular weight is 304 g/mol. The van der Waals surface area contributed by atoms with Crippen molar-refractivity contribution < 1.29 is 27.4 Å². The first-order chi connectivity index (χ1) is 9.79. The summed E-state index contributed by atoms with van der Waals surface area (Å²) in [5.41, 5.74) is -0.847. The molecule has 8 heteroatoms. The predicted octanol–water partition coefficient (Wildman–Crippen LogP) is 1.85. The number of halogens is 3. The van der Waals surface area contributed by atoms with Gasteiger partial charge in [0.25, 0.3) is 5.91 Å². The Bertz CT molecular complexity index is 528. The van der Waals surface area contributed by atoms with Crippen molar-refractivity contribution in [3.63, 3.8) is 0 Å². The summed E-state index contributed by atoms with van der Waals surface area (Å²) in [6.45, 7) is 2.51. The number of aryl methyl sites for hydroxylation is 1. The lowest BCUT2D eigenvalue weighted by Gasteiger charge is -2.21. The zero-order valence-corrected chi connectivity index (χ0v) is 11.6. The topological polar surface area (TPSA) is 51.7 Å². The summed E-state index contributed by atoms with van der Waals surface area (Å²) in [6, 6.07) is 1.94. The fourth-order valence-electron chi connectivity index (χ4n) is 1.97. The average Bonchev–Trinajstić information content (AvgIpc) is 2.89. The van der Waals surface area contributed by atoms with Gasteiger partial charge in [0.1, 0.15) is 5.69 Å². The molecule has 0 N–H and O–H groups in total. The van der Waals surface area contributed by atoms with Gasteiger partial charge in [0.05, 0.1) is 31.0 Å². The van der Waals surface area contributed by atoms with Crippen LogP contribution in [0, 0.1) is 6.92 Å². The van der Waals surface area contributed by atoms with Crippen LogP contribution < -0.4 is 0 Å². The molecule has 2 heterocycles. The molecule has 2 rings (SSSR count). The molecule has 21 heavy (non-hydrogen) atoms. The molecule has 0 aliphatic carbocycles. The maximum Gasteiger partial charge on any atom is 0.433 e. The summed E-state index contributed by atoms with van der Waals surface area (Å²) in [7, 11) is 1.53. The van der Waals surface area contributed by atoms with E-state index in [4.69, 9.17) is 9.47 Å². The quantitative estimate of drug-likeness (QED) is 0.855. The van der Waals surface area contributed by atoms with Crippen LogP contribution in [0.15, 0.2) is 12.1 Å². The minimum atomic E-state index is -4.52. The number of carbonyl (C=O) groups excluding carboxylic acids is 1. The fraction of sp³-hybridized carbons (Fsp3) is 0.538. The van der Waals surface area contributed by atoms with Gasteiger partial charge in [-0.3, -0.25) is 4.79 Å². The Hall–Kier alpha value is -1.67. The van der Waals surface area contributed by atoms with Gasteiger partial charge in [-0.15, -0.1) is 0 Å². The molecule has 1 aliphatic heterocycles. The van der Waals surface area contributed by atoms with E-state index in [0.29, 0.717) is 13.2 Å². The maximum atomic E-state index is 12.5. The summed E-state index contributed by atoms with van der Waals surface area (Å²) < 4.78 is 48.1. The number of rotatable bonds is 3. The van der Waals surface area contributed by atoms with E-state index in [1.165, 1.54) is 18.9 Å². The number of hydrogen-bond donors (Lipinski definition) is 0. The molecule has 1 amide bonds. The summed E-state index contributed by atoms with van der Waals surface area (Å²) in [4.78, 5) is 17.0. The molecule has 0 radical (unpaired) electrons. The minimum absolute atomic E-state index is 0.0370. The van der Waals surface area contributed by atoms with E-state index in [1.807, 2.05) is 0 Å². The van der Waals surface area contributed by atoms with Crippen molar-refractivity contribution in [3.05, 3.63) is 29.1 Å². The zero-order valence-electron chi connectivity index (χ0n) is 11.6. The summed E-state index contributed by atoms with van der Waals surface area (Å²) in [6.07, 6.45) is -5.02. The number of pyridine rings is 1. The second-order valence-corrected chi connectivity index (χ2v) is 4.68. The van der Waals surface area contributed by atoms with Gasteiger partial charge in [-0.2, -0.15) is 13.2 Å². The maximum absolute atomic E-state index is 12.5. The third kappa shape index (κ3) is 3.70. The molecule has 0 spiro atoms. The van der Waals surface area contributed by atoms with E-state index in [1.54, 1.807) is 0 Å². The van der Waals surface area contributed by atoms with Crippen molar-refractivity contribution in [1.82, 2.24) is 9.88 Å². The van der Waals surface area contributed by atoms with Crippen LogP contribution in [0.1, 0.15) is 21.7 Å². The van der Waals surface area contributed by atoms with Crippen molar-refractivity contribution in [1.29, 1.82) is 0 Å². The van der Waals surface area contributed by atoms with E-state index in [0.717, 1.165) is 12.1 Å². The SMILES string of the molecule is Cc1nc(C(F)(F)F)ccc1C(=O)N(C)CC1OCCO1. The van der Waals surface area contributed by atoms with Gasteiger partial charge in [0.2, 0.25) is 0 Å². The van der Waals surface area contributed by atoms with Crippen LogP contribution in [0.2, 0.25) is 0 Å².